The highest BCUT2D eigenvalue weighted by molar-refractivity contribution is 5.79. The van der Waals surface area contributed by atoms with Gasteiger partial charge in [-0.2, -0.15) is 0 Å². The highest BCUT2D eigenvalue weighted by Crippen LogP contribution is 2.16. The Bertz CT molecular complexity index is 719. The van der Waals surface area contributed by atoms with E-state index in [1.54, 1.807) is 0 Å². The molecule has 0 radical (unpaired) electrons. The monoisotopic (exact) mass is 331 g/mol. The molecule has 0 atom stereocenters. The fourth-order valence-electron chi connectivity index (χ4n) is 2.42. The van der Waals surface area contributed by atoms with Crippen LogP contribution in [0.1, 0.15) is 33.5 Å². The smallest absolute Gasteiger partial charge is 0.326 e. The molecule has 0 saturated heterocycles. The Morgan fingerprint density at radius 1 is 1.21 bits per heavy atom. The zero-order chi connectivity index (χ0) is 17.7. The molecule has 130 valence electrons. The van der Waals surface area contributed by atoms with Crippen LogP contribution in [-0.4, -0.2) is 34.1 Å². The lowest BCUT2D eigenvalue weighted by atomic mass is 10.2. The van der Waals surface area contributed by atoms with Crippen LogP contribution >= 0.6 is 0 Å². The van der Waals surface area contributed by atoms with E-state index in [1.165, 1.54) is 0 Å². The van der Waals surface area contributed by atoms with E-state index in [4.69, 9.17) is 4.74 Å². The van der Waals surface area contributed by atoms with Crippen molar-refractivity contribution in [3.05, 3.63) is 30.1 Å². The minimum Gasteiger partial charge on any atom is -0.462 e. The Hall–Kier alpha value is -2.37. The number of amides is 1. The van der Waals surface area contributed by atoms with E-state index in [-0.39, 0.29) is 30.4 Å². The number of carbonyl (C=O) groups excluding carboxylic acids is 2. The van der Waals surface area contributed by atoms with Gasteiger partial charge in [0, 0.05) is 18.9 Å². The number of rotatable bonds is 7. The molecule has 0 unspecified atom stereocenters. The molecule has 1 aromatic heterocycles. The number of nitrogens with zero attached hydrogens (tertiary/aromatic N) is 2. The molecule has 0 fully saturated rings. The van der Waals surface area contributed by atoms with Gasteiger partial charge in [-0.25, -0.2) is 4.98 Å². The maximum atomic E-state index is 12.0. The quantitative estimate of drug-likeness (QED) is 0.790. The molecule has 0 aliphatic carbocycles. The van der Waals surface area contributed by atoms with Crippen LogP contribution in [0.5, 0.6) is 0 Å². The Morgan fingerprint density at radius 2 is 1.92 bits per heavy atom. The van der Waals surface area contributed by atoms with Crippen molar-refractivity contribution in [3.63, 3.8) is 0 Å². The van der Waals surface area contributed by atoms with Crippen molar-refractivity contribution >= 4 is 22.9 Å². The first-order valence-electron chi connectivity index (χ1n) is 8.29. The van der Waals surface area contributed by atoms with Crippen LogP contribution in [0.4, 0.5) is 0 Å². The number of imidazole rings is 1. The van der Waals surface area contributed by atoms with Crippen molar-refractivity contribution in [3.8, 4) is 0 Å². The SMILES string of the molecule is CC(C)OC(=O)Cn1c(CCNC(=O)C(C)C)nc2ccccc21. The van der Waals surface area contributed by atoms with Gasteiger partial charge < -0.3 is 14.6 Å². The summed E-state index contributed by atoms with van der Waals surface area (Å²) < 4.78 is 7.11. The number of nitrogens with one attached hydrogen (secondary N) is 1. The first-order chi connectivity index (χ1) is 11.4. The van der Waals surface area contributed by atoms with Crippen LogP contribution in [0.25, 0.3) is 11.0 Å². The van der Waals surface area contributed by atoms with Crippen molar-refractivity contribution < 1.29 is 14.3 Å². The second-order valence-corrected chi connectivity index (χ2v) is 6.34. The molecular formula is C18H25N3O3. The standard InChI is InChI=1S/C18H25N3O3/c1-12(2)18(23)19-10-9-16-20-14-7-5-6-8-15(14)21(16)11-17(22)24-13(3)4/h5-8,12-13H,9-11H2,1-4H3,(H,19,23). The normalized spacial score (nSPS) is 11.2. The zero-order valence-electron chi connectivity index (χ0n) is 14.7. The van der Waals surface area contributed by atoms with Crippen LogP contribution in [0, 0.1) is 5.92 Å². The van der Waals surface area contributed by atoms with Gasteiger partial charge in [0.1, 0.15) is 12.4 Å². The summed E-state index contributed by atoms with van der Waals surface area (Å²) in [5.41, 5.74) is 1.73. The molecular weight excluding hydrogens is 306 g/mol. The lowest BCUT2D eigenvalue weighted by Crippen LogP contribution is -2.30. The Balaban J connectivity index is 2.17. The molecule has 24 heavy (non-hydrogen) atoms. The van der Waals surface area contributed by atoms with Crippen LogP contribution in [0.15, 0.2) is 24.3 Å². The van der Waals surface area contributed by atoms with Gasteiger partial charge in [0.2, 0.25) is 5.91 Å². The van der Waals surface area contributed by atoms with Crippen LogP contribution < -0.4 is 5.32 Å². The van der Waals surface area contributed by atoms with Crippen molar-refractivity contribution in [2.75, 3.05) is 6.54 Å². The molecule has 0 saturated carbocycles. The predicted molar refractivity (Wildman–Crippen MR) is 92.5 cm³/mol. The highest BCUT2D eigenvalue weighted by atomic mass is 16.5. The van der Waals surface area contributed by atoms with Gasteiger partial charge >= 0.3 is 5.97 Å². The van der Waals surface area contributed by atoms with E-state index < -0.39 is 0 Å². The van der Waals surface area contributed by atoms with Crippen LogP contribution in [0.3, 0.4) is 0 Å². The summed E-state index contributed by atoms with van der Waals surface area (Å²) in [7, 11) is 0. The van der Waals surface area contributed by atoms with E-state index in [0.717, 1.165) is 16.9 Å². The molecule has 0 aliphatic heterocycles. The summed E-state index contributed by atoms with van der Waals surface area (Å²) in [5, 5.41) is 2.88. The van der Waals surface area contributed by atoms with E-state index in [0.29, 0.717) is 13.0 Å². The lowest BCUT2D eigenvalue weighted by molar-refractivity contribution is -0.148. The number of fused-ring (bicyclic) bond motifs is 1. The molecule has 6 heteroatoms. The maximum absolute atomic E-state index is 12.0. The number of aromatic nitrogens is 2. The van der Waals surface area contributed by atoms with E-state index >= 15 is 0 Å². The van der Waals surface area contributed by atoms with Crippen LogP contribution in [-0.2, 0) is 27.3 Å². The van der Waals surface area contributed by atoms with Gasteiger partial charge in [-0.1, -0.05) is 26.0 Å². The second-order valence-electron chi connectivity index (χ2n) is 6.34. The summed E-state index contributed by atoms with van der Waals surface area (Å²) in [5.74, 6) is 0.434. The van der Waals surface area contributed by atoms with Crippen molar-refractivity contribution in [2.24, 2.45) is 5.92 Å². The lowest BCUT2D eigenvalue weighted by Gasteiger charge is -2.12. The van der Waals surface area contributed by atoms with Crippen molar-refractivity contribution in [1.29, 1.82) is 0 Å². The van der Waals surface area contributed by atoms with E-state index in [2.05, 4.69) is 10.3 Å². The fraction of sp³-hybridized carbons (Fsp3) is 0.500. The summed E-state index contributed by atoms with van der Waals surface area (Å²) in [6.07, 6.45) is 0.406. The number of benzene rings is 1. The van der Waals surface area contributed by atoms with E-state index in [1.807, 2.05) is 56.5 Å². The Labute approximate surface area is 142 Å². The maximum Gasteiger partial charge on any atom is 0.326 e. The van der Waals surface area contributed by atoms with Gasteiger partial charge in [-0.3, -0.25) is 9.59 Å². The third kappa shape index (κ3) is 4.57. The fourth-order valence-corrected chi connectivity index (χ4v) is 2.42. The van der Waals surface area contributed by atoms with Gasteiger partial charge in [-0.05, 0) is 26.0 Å². The number of para-hydroxylation sites is 2. The molecule has 2 aromatic rings. The molecule has 1 aromatic carbocycles. The topological polar surface area (TPSA) is 73.2 Å². The number of hydrogen-bond donors (Lipinski definition) is 1. The third-order valence-electron chi connectivity index (χ3n) is 3.56. The highest BCUT2D eigenvalue weighted by Gasteiger charge is 2.15. The van der Waals surface area contributed by atoms with Gasteiger partial charge in [0.25, 0.3) is 0 Å². The largest absolute Gasteiger partial charge is 0.462 e. The number of esters is 1. The first kappa shape index (κ1) is 18.0. The number of ether oxygens (including phenoxy) is 1. The summed E-state index contributed by atoms with van der Waals surface area (Å²) in [6.45, 7) is 7.96. The predicted octanol–water partition coefficient (Wildman–Crippen LogP) is 2.30. The Kier molecular flexibility index (Phi) is 5.95. The minimum absolute atomic E-state index is 0.0110. The van der Waals surface area contributed by atoms with Crippen molar-refractivity contribution in [2.45, 2.75) is 46.8 Å². The average Bonchev–Trinajstić information content (AvgIpc) is 2.84. The molecule has 0 aliphatic rings. The molecule has 0 bridgehead atoms. The van der Waals surface area contributed by atoms with Gasteiger partial charge in [0.05, 0.1) is 17.1 Å². The average molecular weight is 331 g/mol. The van der Waals surface area contributed by atoms with Gasteiger partial charge in [0.15, 0.2) is 0 Å². The minimum atomic E-state index is -0.291. The van der Waals surface area contributed by atoms with Crippen molar-refractivity contribution in [1.82, 2.24) is 14.9 Å². The Morgan fingerprint density at radius 3 is 2.58 bits per heavy atom. The molecule has 2 rings (SSSR count). The number of carbonyl (C=O) groups is 2. The molecule has 6 nitrogen and oxygen atoms in total. The van der Waals surface area contributed by atoms with E-state index in [9.17, 15) is 9.59 Å². The first-order valence-corrected chi connectivity index (χ1v) is 8.29. The summed E-state index contributed by atoms with van der Waals surface area (Å²) >= 11 is 0. The summed E-state index contributed by atoms with van der Waals surface area (Å²) in [4.78, 5) is 28.3. The summed E-state index contributed by atoms with van der Waals surface area (Å²) in [6, 6.07) is 7.67. The third-order valence-corrected chi connectivity index (χ3v) is 3.56. The molecule has 1 heterocycles. The zero-order valence-corrected chi connectivity index (χ0v) is 14.7. The van der Waals surface area contributed by atoms with Gasteiger partial charge in [-0.15, -0.1) is 0 Å². The molecule has 0 spiro atoms. The molecule has 1 N–H and O–H groups in total. The van der Waals surface area contributed by atoms with Crippen LogP contribution in [0.2, 0.25) is 0 Å². The number of hydrogen-bond acceptors (Lipinski definition) is 4. The second kappa shape index (κ2) is 7.95. The molecule has 1 amide bonds.